The Morgan fingerprint density at radius 2 is 1.65 bits per heavy atom. The highest BCUT2D eigenvalue weighted by Crippen LogP contribution is 2.28. The van der Waals surface area contributed by atoms with Crippen molar-refractivity contribution in [2.75, 3.05) is 14.2 Å². The van der Waals surface area contributed by atoms with E-state index in [1.807, 2.05) is 73.5 Å². The Bertz CT molecular complexity index is 649. The van der Waals surface area contributed by atoms with Crippen molar-refractivity contribution in [1.29, 1.82) is 5.26 Å². The minimum atomic E-state index is -0.657. The van der Waals surface area contributed by atoms with Crippen LogP contribution in [0.25, 0.3) is 0 Å². The molecule has 0 saturated carbocycles. The molecule has 0 bridgehead atoms. The molecule has 2 rings (SSSR count). The summed E-state index contributed by atoms with van der Waals surface area (Å²) in [6.45, 7) is 1.92. The van der Waals surface area contributed by atoms with Gasteiger partial charge in [-0.05, 0) is 37.2 Å². The smallest absolute Gasteiger partial charge is 0.123 e. The van der Waals surface area contributed by atoms with Crippen LogP contribution in [0.1, 0.15) is 30.2 Å². The number of likely N-dealkylation sites (N-methyl/N-ethyl adjacent to an activating group) is 1. The molecule has 2 aromatic carbocycles. The van der Waals surface area contributed by atoms with Gasteiger partial charge in [-0.15, -0.1) is 0 Å². The van der Waals surface area contributed by atoms with Gasteiger partial charge in [-0.25, -0.2) is 0 Å². The topological polar surface area (TPSA) is 56.5 Å². The van der Waals surface area contributed by atoms with Gasteiger partial charge in [0, 0.05) is 6.04 Å². The Balaban J connectivity index is 2.18. The Labute approximate surface area is 137 Å². The van der Waals surface area contributed by atoms with E-state index in [0.717, 1.165) is 16.9 Å². The van der Waals surface area contributed by atoms with Crippen molar-refractivity contribution in [3.8, 4) is 11.8 Å². The molecule has 3 atom stereocenters. The maximum atomic E-state index is 10.6. The van der Waals surface area contributed by atoms with Crippen LogP contribution in [0.15, 0.2) is 54.6 Å². The second-order valence-electron chi connectivity index (χ2n) is 5.57. The second kappa shape index (κ2) is 7.77. The van der Waals surface area contributed by atoms with E-state index in [4.69, 9.17) is 4.74 Å². The monoisotopic (exact) mass is 310 g/mol. The molecular formula is C19H22N2O2. The quantitative estimate of drug-likeness (QED) is 0.889. The summed E-state index contributed by atoms with van der Waals surface area (Å²) < 4.78 is 5.15. The fourth-order valence-corrected chi connectivity index (χ4v) is 2.57. The lowest BCUT2D eigenvalue weighted by Crippen LogP contribution is -2.36. The minimum Gasteiger partial charge on any atom is -0.497 e. The Morgan fingerprint density at radius 3 is 2.17 bits per heavy atom. The number of ether oxygens (including phenoxy) is 1. The number of hydrogen-bond donors (Lipinski definition) is 1. The number of benzene rings is 2. The van der Waals surface area contributed by atoms with Crippen LogP contribution in [-0.2, 0) is 0 Å². The molecule has 0 amide bonds. The number of rotatable bonds is 6. The number of methoxy groups -OCH3 is 1. The third kappa shape index (κ3) is 3.89. The second-order valence-corrected chi connectivity index (χ2v) is 5.57. The molecule has 23 heavy (non-hydrogen) atoms. The van der Waals surface area contributed by atoms with Gasteiger partial charge in [0.15, 0.2) is 0 Å². The van der Waals surface area contributed by atoms with Crippen LogP contribution in [0, 0.1) is 11.3 Å². The summed E-state index contributed by atoms with van der Waals surface area (Å²) in [7, 11) is 3.47. The summed E-state index contributed by atoms with van der Waals surface area (Å²) in [5.74, 6) is 0.755. The summed E-state index contributed by atoms with van der Waals surface area (Å²) in [6.07, 6.45) is -0.657. The highest BCUT2D eigenvalue weighted by atomic mass is 16.5. The summed E-state index contributed by atoms with van der Waals surface area (Å²) in [6, 6.07) is 18.6. The highest BCUT2D eigenvalue weighted by Gasteiger charge is 2.27. The summed E-state index contributed by atoms with van der Waals surface area (Å²) >= 11 is 0. The Hall–Kier alpha value is -2.35. The van der Waals surface area contributed by atoms with Gasteiger partial charge < -0.3 is 9.84 Å². The van der Waals surface area contributed by atoms with Crippen LogP contribution in [0.3, 0.4) is 0 Å². The maximum Gasteiger partial charge on any atom is 0.123 e. The van der Waals surface area contributed by atoms with E-state index in [-0.39, 0.29) is 6.04 Å². The predicted octanol–water partition coefficient (Wildman–Crippen LogP) is 3.31. The largest absolute Gasteiger partial charge is 0.497 e. The van der Waals surface area contributed by atoms with Crippen molar-refractivity contribution in [1.82, 2.24) is 4.90 Å². The van der Waals surface area contributed by atoms with Gasteiger partial charge in [-0.2, -0.15) is 5.26 Å². The number of aliphatic hydroxyl groups excluding tert-OH is 1. The van der Waals surface area contributed by atoms with E-state index in [0.29, 0.717) is 0 Å². The first kappa shape index (κ1) is 17.0. The van der Waals surface area contributed by atoms with Crippen LogP contribution in [0.2, 0.25) is 0 Å². The summed E-state index contributed by atoms with van der Waals surface area (Å²) in [4.78, 5) is 1.89. The fourth-order valence-electron chi connectivity index (χ4n) is 2.57. The van der Waals surface area contributed by atoms with Crippen LogP contribution >= 0.6 is 0 Å². The van der Waals surface area contributed by atoms with Gasteiger partial charge >= 0.3 is 0 Å². The average Bonchev–Trinajstić information content (AvgIpc) is 2.62. The van der Waals surface area contributed by atoms with Crippen molar-refractivity contribution in [2.45, 2.75) is 25.1 Å². The number of nitrogens with zero attached hydrogens (tertiary/aromatic N) is 2. The molecule has 0 saturated heterocycles. The van der Waals surface area contributed by atoms with E-state index in [1.165, 1.54) is 0 Å². The molecule has 4 nitrogen and oxygen atoms in total. The van der Waals surface area contributed by atoms with Crippen LogP contribution in [-0.4, -0.2) is 30.2 Å². The molecule has 120 valence electrons. The molecule has 0 aromatic heterocycles. The van der Waals surface area contributed by atoms with Crippen molar-refractivity contribution in [3.63, 3.8) is 0 Å². The van der Waals surface area contributed by atoms with Crippen molar-refractivity contribution < 1.29 is 9.84 Å². The van der Waals surface area contributed by atoms with Crippen molar-refractivity contribution in [3.05, 3.63) is 65.7 Å². The maximum absolute atomic E-state index is 10.6. The van der Waals surface area contributed by atoms with Gasteiger partial charge in [-0.1, -0.05) is 42.5 Å². The van der Waals surface area contributed by atoms with Gasteiger partial charge in [0.2, 0.25) is 0 Å². The zero-order chi connectivity index (χ0) is 16.8. The molecule has 0 unspecified atom stereocenters. The van der Waals surface area contributed by atoms with E-state index in [2.05, 4.69) is 6.07 Å². The van der Waals surface area contributed by atoms with Crippen LogP contribution in [0.4, 0.5) is 0 Å². The molecule has 0 fully saturated rings. The van der Waals surface area contributed by atoms with Gasteiger partial charge in [0.1, 0.15) is 11.8 Å². The molecule has 0 heterocycles. The first-order valence-electron chi connectivity index (χ1n) is 7.57. The van der Waals surface area contributed by atoms with Crippen LogP contribution < -0.4 is 4.74 Å². The predicted molar refractivity (Wildman–Crippen MR) is 90.0 cm³/mol. The lowest BCUT2D eigenvalue weighted by Gasteiger charge is -2.32. The van der Waals surface area contributed by atoms with E-state index >= 15 is 0 Å². The lowest BCUT2D eigenvalue weighted by atomic mass is 9.99. The number of hydrogen-bond acceptors (Lipinski definition) is 4. The molecule has 4 heteroatoms. The summed E-state index contributed by atoms with van der Waals surface area (Å²) in [5, 5.41) is 20.1. The van der Waals surface area contributed by atoms with Gasteiger partial charge in [0.05, 0.1) is 19.3 Å². The van der Waals surface area contributed by atoms with Crippen molar-refractivity contribution >= 4 is 0 Å². The minimum absolute atomic E-state index is 0.204. The molecule has 0 aliphatic carbocycles. The van der Waals surface area contributed by atoms with Crippen molar-refractivity contribution in [2.24, 2.45) is 0 Å². The molecule has 2 aromatic rings. The van der Waals surface area contributed by atoms with E-state index in [9.17, 15) is 10.4 Å². The first-order chi connectivity index (χ1) is 11.1. The molecule has 0 radical (unpaired) electrons. The molecule has 0 spiro atoms. The molecule has 1 N–H and O–H groups in total. The fraction of sp³-hybridized carbons (Fsp3) is 0.316. The number of nitriles is 1. The standard InChI is InChI=1S/C19H22N2O2/c1-14(19(22)16-7-5-4-6-8-16)21(2)18(13-20)15-9-11-17(23-3)12-10-15/h4-12,14,18-19,22H,1-3H3/t14-,18+,19+/m1/s1. The molecule has 0 aliphatic heterocycles. The highest BCUT2D eigenvalue weighted by molar-refractivity contribution is 5.32. The average molecular weight is 310 g/mol. The number of aliphatic hydroxyl groups is 1. The summed E-state index contributed by atoms with van der Waals surface area (Å²) in [5.41, 5.74) is 1.72. The molecular weight excluding hydrogens is 288 g/mol. The first-order valence-corrected chi connectivity index (χ1v) is 7.57. The Kier molecular flexibility index (Phi) is 5.75. The van der Waals surface area contributed by atoms with Gasteiger partial charge in [0.25, 0.3) is 0 Å². The zero-order valence-corrected chi connectivity index (χ0v) is 13.7. The van der Waals surface area contributed by atoms with Gasteiger partial charge in [-0.3, -0.25) is 4.90 Å². The van der Waals surface area contributed by atoms with E-state index < -0.39 is 12.1 Å². The normalized spacial score (nSPS) is 14.8. The zero-order valence-electron chi connectivity index (χ0n) is 13.7. The van der Waals surface area contributed by atoms with Crippen LogP contribution in [0.5, 0.6) is 5.75 Å². The SMILES string of the molecule is COc1ccc([C@H](C#N)N(C)[C@H](C)[C@H](O)c2ccccc2)cc1. The third-order valence-electron chi connectivity index (χ3n) is 4.20. The molecule has 0 aliphatic rings. The van der Waals surface area contributed by atoms with E-state index in [1.54, 1.807) is 7.11 Å². The Morgan fingerprint density at radius 1 is 1.04 bits per heavy atom. The third-order valence-corrected chi connectivity index (χ3v) is 4.20. The lowest BCUT2D eigenvalue weighted by molar-refractivity contribution is 0.0605.